The van der Waals surface area contributed by atoms with E-state index >= 15 is 0 Å². The minimum atomic E-state index is -0.675. The van der Waals surface area contributed by atoms with Gasteiger partial charge in [-0.1, -0.05) is 12.1 Å². The Morgan fingerprint density at radius 1 is 1.26 bits per heavy atom. The number of aliphatic hydroxyl groups is 1. The van der Waals surface area contributed by atoms with Crippen LogP contribution in [0.3, 0.4) is 0 Å². The Kier molecular flexibility index (Phi) is 6.06. The van der Waals surface area contributed by atoms with Crippen molar-refractivity contribution in [3.8, 4) is 0 Å². The first-order chi connectivity index (χ1) is 12.9. The van der Waals surface area contributed by atoms with Gasteiger partial charge in [-0.2, -0.15) is 0 Å². The standard InChI is InChI=1S/C21H28N4O2/c1-21(2,27)11-10-16-6-8-17(9-7-16)19(26)24-18-5-3-14-25(15-18)20-22-12-4-13-23-20/h4,6-9,12-13,18,27H,3,5,10-11,14-15H2,1-2H3,(H,24,26). The number of nitrogens with zero attached hydrogens (tertiary/aromatic N) is 3. The van der Waals surface area contributed by atoms with Crippen LogP contribution in [0.15, 0.2) is 42.7 Å². The van der Waals surface area contributed by atoms with E-state index in [1.165, 1.54) is 0 Å². The number of hydrogen-bond acceptors (Lipinski definition) is 5. The van der Waals surface area contributed by atoms with Gasteiger partial charge in [-0.25, -0.2) is 9.97 Å². The topological polar surface area (TPSA) is 78.4 Å². The van der Waals surface area contributed by atoms with Crippen molar-refractivity contribution in [1.82, 2.24) is 15.3 Å². The van der Waals surface area contributed by atoms with Crippen LogP contribution < -0.4 is 10.2 Å². The average Bonchev–Trinajstić information content (AvgIpc) is 2.67. The van der Waals surface area contributed by atoms with E-state index in [9.17, 15) is 9.90 Å². The predicted octanol–water partition coefficient (Wildman–Crippen LogP) is 2.58. The molecule has 0 aliphatic carbocycles. The summed E-state index contributed by atoms with van der Waals surface area (Å²) in [6.07, 6.45) is 6.92. The molecule has 2 heterocycles. The second kappa shape index (κ2) is 8.48. The summed E-state index contributed by atoms with van der Waals surface area (Å²) in [7, 11) is 0. The number of nitrogens with one attached hydrogen (secondary N) is 1. The van der Waals surface area contributed by atoms with Gasteiger partial charge >= 0.3 is 0 Å². The molecule has 1 unspecified atom stereocenters. The normalized spacial score (nSPS) is 17.6. The summed E-state index contributed by atoms with van der Waals surface area (Å²) in [4.78, 5) is 23.3. The Bertz CT molecular complexity index is 741. The van der Waals surface area contributed by atoms with Crippen molar-refractivity contribution in [2.24, 2.45) is 0 Å². The van der Waals surface area contributed by atoms with Crippen molar-refractivity contribution in [1.29, 1.82) is 0 Å². The summed E-state index contributed by atoms with van der Waals surface area (Å²) in [6, 6.07) is 9.53. The van der Waals surface area contributed by atoms with Gasteiger partial charge in [0, 0.05) is 37.1 Å². The third-order valence-electron chi connectivity index (χ3n) is 4.83. The van der Waals surface area contributed by atoms with Crippen molar-refractivity contribution in [2.75, 3.05) is 18.0 Å². The summed E-state index contributed by atoms with van der Waals surface area (Å²) in [5.74, 6) is 0.664. The predicted molar refractivity (Wildman–Crippen MR) is 106 cm³/mol. The fourth-order valence-corrected chi connectivity index (χ4v) is 3.27. The van der Waals surface area contributed by atoms with Crippen LogP contribution in [0.25, 0.3) is 0 Å². The van der Waals surface area contributed by atoms with E-state index in [0.717, 1.165) is 37.9 Å². The highest BCUT2D eigenvalue weighted by molar-refractivity contribution is 5.94. The average molecular weight is 368 g/mol. The molecule has 0 spiro atoms. The Balaban J connectivity index is 1.55. The molecular formula is C21H28N4O2. The molecular weight excluding hydrogens is 340 g/mol. The zero-order chi connectivity index (χ0) is 19.3. The fourth-order valence-electron chi connectivity index (χ4n) is 3.27. The molecule has 6 heteroatoms. The van der Waals surface area contributed by atoms with E-state index in [1.807, 2.05) is 38.1 Å². The van der Waals surface area contributed by atoms with Crippen LogP contribution in [0.5, 0.6) is 0 Å². The maximum Gasteiger partial charge on any atom is 0.251 e. The summed E-state index contributed by atoms with van der Waals surface area (Å²) in [5.41, 5.74) is 1.11. The van der Waals surface area contributed by atoms with Crippen molar-refractivity contribution in [2.45, 2.75) is 51.2 Å². The van der Waals surface area contributed by atoms with Gasteiger partial charge in [-0.3, -0.25) is 4.79 Å². The van der Waals surface area contributed by atoms with Gasteiger partial charge in [0.2, 0.25) is 5.95 Å². The SMILES string of the molecule is CC(C)(O)CCc1ccc(C(=O)NC2CCCN(c3ncccn3)C2)cc1. The summed E-state index contributed by atoms with van der Waals surface area (Å²) in [6.45, 7) is 5.25. The largest absolute Gasteiger partial charge is 0.390 e. The van der Waals surface area contributed by atoms with Crippen LogP contribution in [0.2, 0.25) is 0 Å². The van der Waals surface area contributed by atoms with Gasteiger partial charge in [0.1, 0.15) is 0 Å². The lowest BCUT2D eigenvalue weighted by Crippen LogP contribution is -2.48. The summed E-state index contributed by atoms with van der Waals surface area (Å²) < 4.78 is 0. The molecule has 1 fully saturated rings. The van der Waals surface area contributed by atoms with Gasteiger partial charge in [-0.15, -0.1) is 0 Å². The fraction of sp³-hybridized carbons (Fsp3) is 0.476. The van der Waals surface area contributed by atoms with E-state index in [-0.39, 0.29) is 11.9 Å². The Morgan fingerprint density at radius 2 is 1.96 bits per heavy atom. The lowest BCUT2D eigenvalue weighted by Gasteiger charge is -2.33. The molecule has 27 heavy (non-hydrogen) atoms. The number of hydrogen-bond donors (Lipinski definition) is 2. The van der Waals surface area contributed by atoms with E-state index in [0.29, 0.717) is 17.9 Å². The smallest absolute Gasteiger partial charge is 0.251 e. The Hall–Kier alpha value is -2.47. The number of anilines is 1. The van der Waals surface area contributed by atoms with Gasteiger partial charge in [0.15, 0.2) is 0 Å². The van der Waals surface area contributed by atoms with Crippen molar-refractivity contribution < 1.29 is 9.90 Å². The highest BCUT2D eigenvalue weighted by Gasteiger charge is 2.23. The molecule has 0 radical (unpaired) electrons. The number of piperidine rings is 1. The van der Waals surface area contributed by atoms with E-state index < -0.39 is 5.60 Å². The van der Waals surface area contributed by atoms with E-state index in [1.54, 1.807) is 18.5 Å². The molecule has 144 valence electrons. The molecule has 2 N–H and O–H groups in total. The molecule has 1 amide bonds. The van der Waals surface area contributed by atoms with Crippen molar-refractivity contribution >= 4 is 11.9 Å². The van der Waals surface area contributed by atoms with Crippen LogP contribution >= 0.6 is 0 Å². The Labute approximate surface area is 160 Å². The molecule has 3 rings (SSSR count). The van der Waals surface area contributed by atoms with Crippen LogP contribution in [0.4, 0.5) is 5.95 Å². The maximum absolute atomic E-state index is 12.6. The maximum atomic E-state index is 12.6. The van der Waals surface area contributed by atoms with Gasteiger partial charge in [-0.05, 0) is 63.3 Å². The molecule has 1 atom stereocenters. The number of rotatable bonds is 6. The van der Waals surface area contributed by atoms with Crippen molar-refractivity contribution in [3.05, 3.63) is 53.9 Å². The van der Waals surface area contributed by atoms with E-state index in [2.05, 4.69) is 20.2 Å². The third kappa shape index (κ3) is 5.76. The number of carbonyl (C=O) groups excluding carboxylic acids is 1. The quantitative estimate of drug-likeness (QED) is 0.819. The van der Waals surface area contributed by atoms with Crippen LogP contribution in [0, 0.1) is 0 Å². The molecule has 1 saturated heterocycles. The summed E-state index contributed by atoms with van der Waals surface area (Å²) >= 11 is 0. The minimum absolute atomic E-state index is 0.0510. The zero-order valence-corrected chi connectivity index (χ0v) is 16.1. The monoisotopic (exact) mass is 368 g/mol. The number of benzene rings is 1. The van der Waals surface area contributed by atoms with Gasteiger partial charge in [0.05, 0.1) is 5.60 Å². The number of aromatic nitrogens is 2. The molecule has 0 saturated carbocycles. The summed E-state index contributed by atoms with van der Waals surface area (Å²) in [5, 5.41) is 13.0. The van der Waals surface area contributed by atoms with E-state index in [4.69, 9.17) is 0 Å². The lowest BCUT2D eigenvalue weighted by molar-refractivity contribution is 0.0713. The molecule has 6 nitrogen and oxygen atoms in total. The lowest BCUT2D eigenvalue weighted by atomic mass is 9.98. The highest BCUT2D eigenvalue weighted by atomic mass is 16.3. The van der Waals surface area contributed by atoms with Crippen molar-refractivity contribution in [3.63, 3.8) is 0 Å². The molecule has 1 aliphatic heterocycles. The second-order valence-corrected chi connectivity index (χ2v) is 7.82. The third-order valence-corrected chi connectivity index (χ3v) is 4.83. The van der Waals surface area contributed by atoms with Crippen LogP contribution in [-0.4, -0.2) is 45.7 Å². The first-order valence-corrected chi connectivity index (χ1v) is 9.55. The first-order valence-electron chi connectivity index (χ1n) is 9.55. The van der Waals surface area contributed by atoms with Crippen LogP contribution in [-0.2, 0) is 6.42 Å². The molecule has 0 bridgehead atoms. The molecule has 2 aromatic rings. The first kappa shape index (κ1) is 19.3. The number of amides is 1. The second-order valence-electron chi connectivity index (χ2n) is 7.82. The Morgan fingerprint density at radius 3 is 2.63 bits per heavy atom. The van der Waals surface area contributed by atoms with Crippen LogP contribution in [0.1, 0.15) is 49.0 Å². The molecule has 1 aromatic heterocycles. The zero-order valence-electron chi connectivity index (χ0n) is 16.1. The van der Waals surface area contributed by atoms with Gasteiger partial charge in [0.25, 0.3) is 5.91 Å². The molecule has 1 aromatic carbocycles. The number of aryl methyl sites for hydroxylation is 1. The number of carbonyl (C=O) groups is 1. The highest BCUT2D eigenvalue weighted by Crippen LogP contribution is 2.17. The van der Waals surface area contributed by atoms with Gasteiger partial charge < -0.3 is 15.3 Å². The minimum Gasteiger partial charge on any atom is -0.390 e. The molecule has 1 aliphatic rings.